The quantitative estimate of drug-likeness (QED) is 0.451. The first-order valence-corrected chi connectivity index (χ1v) is 14.8. The Labute approximate surface area is 214 Å². The van der Waals surface area contributed by atoms with Gasteiger partial charge in [-0.1, -0.05) is 31.4 Å². The summed E-state index contributed by atoms with van der Waals surface area (Å²) in [6.45, 7) is 3.59. The van der Waals surface area contributed by atoms with E-state index in [1.54, 1.807) is 24.3 Å². The van der Waals surface area contributed by atoms with Gasteiger partial charge in [-0.25, -0.2) is 13.2 Å². The SMILES string of the molecule is CS(=O)(=O)Nc1ccc(Oc2ccc(CN3CCC(NC(=O)NCC4CCCCC4)CC3)cc2)cc1. The van der Waals surface area contributed by atoms with Crippen molar-refractivity contribution in [1.82, 2.24) is 15.5 Å². The molecule has 0 radical (unpaired) electrons. The lowest BCUT2D eigenvalue weighted by molar-refractivity contribution is 0.185. The number of nitrogens with one attached hydrogen (secondary N) is 3. The second-order valence-electron chi connectivity index (χ2n) is 10.1. The third kappa shape index (κ3) is 8.71. The summed E-state index contributed by atoms with van der Waals surface area (Å²) < 4.78 is 31.0. The zero-order chi connectivity index (χ0) is 25.4. The molecule has 1 aliphatic heterocycles. The van der Waals surface area contributed by atoms with Crippen molar-refractivity contribution in [1.29, 1.82) is 0 Å². The van der Waals surface area contributed by atoms with Gasteiger partial charge in [0.2, 0.25) is 10.0 Å². The first-order chi connectivity index (χ1) is 17.3. The van der Waals surface area contributed by atoms with E-state index in [9.17, 15) is 13.2 Å². The van der Waals surface area contributed by atoms with Crippen LogP contribution in [0.5, 0.6) is 11.5 Å². The minimum atomic E-state index is -3.30. The lowest BCUT2D eigenvalue weighted by Gasteiger charge is -2.32. The van der Waals surface area contributed by atoms with Crippen molar-refractivity contribution >= 4 is 21.7 Å². The number of carbonyl (C=O) groups is 1. The minimum Gasteiger partial charge on any atom is -0.457 e. The van der Waals surface area contributed by atoms with Gasteiger partial charge in [0.25, 0.3) is 0 Å². The smallest absolute Gasteiger partial charge is 0.315 e. The van der Waals surface area contributed by atoms with Crippen LogP contribution in [0.3, 0.4) is 0 Å². The van der Waals surface area contributed by atoms with Crippen molar-refractivity contribution in [2.45, 2.75) is 57.5 Å². The summed E-state index contributed by atoms with van der Waals surface area (Å²) in [7, 11) is -3.30. The van der Waals surface area contributed by atoms with Crippen LogP contribution in [0, 0.1) is 5.92 Å². The summed E-state index contributed by atoms with van der Waals surface area (Å²) in [4.78, 5) is 14.7. The third-order valence-corrected chi connectivity index (χ3v) is 7.53. The van der Waals surface area contributed by atoms with Gasteiger partial charge in [0.15, 0.2) is 0 Å². The van der Waals surface area contributed by atoms with Crippen LogP contribution in [-0.2, 0) is 16.6 Å². The zero-order valence-corrected chi connectivity index (χ0v) is 21.9. The third-order valence-electron chi connectivity index (χ3n) is 6.92. The molecule has 2 aromatic carbocycles. The Morgan fingerprint density at radius 1 is 0.917 bits per heavy atom. The molecule has 2 aliphatic rings. The van der Waals surface area contributed by atoms with E-state index in [-0.39, 0.29) is 12.1 Å². The number of piperidine rings is 1. The molecule has 1 saturated heterocycles. The van der Waals surface area contributed by atoms with Crippen LogP contribution in [-0.4, -0.2) is 51.3 Å². The molecule has 1 aliphatic carbocycles. The number of amides is 2. The number of sulfonamides is 1. The number of benzene rings is 2. The second kappa shape index (κ2) is 12.5. The zero-order valence-electron chi connectivity index (χ0n) is 21.0. The van der Waals surface area contributed by atoms with E-state index >= 15 is 0 Å². The van der Waals surface area contributed by atoms with Crippen LogP contribution in [0.4, 0.5) is 10.5 Å². The summed E-state index contributed by atoms with van der Waals surface area (Å²) in [6.07, 6.45) is 9.45. The van der Waals surface area contributed by atoms with Crippen LogP contribution in [0.2, 0.25) is 0 Å². The summed E-state index contributed by atoms with van der Waals surface area (Å²) in [5, 5.41) is 6.24. The van der Waals surface area contributed by atoms with Crippen LogP contribution in [0.1, 0.15) is 50.5 Å². The molecule has 0 bridgehead atoms. The van der Waals surface area contributed by atoms with E-state index in [2.05, 4.69) is 32.4 Å². The number of urea groups is 1. The molecular formula is C27H38N4O4S. The predicted molar refractivity (Wildman–Crippen MR) is 143 cm³/mol. The Balaban J connectivity index is 1.16. The average molecular weight is 515 g/mol. The van der Waals surface area contributed by atoms with Crippen molar-refractivity contribution in [2.75, 3.05) is 30.6 Å². The standard InChI is InChI=1S/C27H38N4O4S/c1-36(33,34)30-24-9-13-26(14-10-24)35-25-11-7-22(8-12-25)20-31-17-15-23(16-18-31)29-27(32)28-19-21-5-3-2-4-6-21/h7-14,21,23,30H,2-6,15-20H2,1H3,(H2,28,29,32). The fraction of sp³-hybridized carbons (Fsp3) is 0.519. The van der Waals surface area contributed by atoms with Crippen LogP contribution in [0.15, 0.2) is 48.5 Å². The number of hydrogen-bond donors (Lipinski definition) is 3. The van der Waals surface area contributed by atoms with Crippen LogP contribution < -0.4 is 20.1 Å². The van der Waals surface area contributed by atoms with Gasteiger partial charge in [0, 0.05) is 37.9 Å². The van der Waals surface area contributed by atoms with Crippen molar-refractivity contribution in [3.63, 3.8) is 0 Å². The molecule has 0 spiro atoms. The highest BCUT2D eigenvalue weighted by molar-refractivity contribution is 7.92. The molecule has 9 heteroatoms. The summed E-state index contributed by atoms with van der Waals surface area (Å²) in [6, 6.07) is 15.1. The monoisotopic (exact) mass is 514 g/mol. The van der Waals surface area contributed by atoms with Crippen LogP contribution >= 0.6 is 0 Å². The van der Waals surface area contributed by atoms with Gasteiger partial charge in [-0.2, -0.15) is 0 Å². The maximum absolute atomic E-state index is 12.3. The lowest BCUT2D eigenvalue weighted by Crippen LogP contribution is -2.48. The maximum atomic E-state index is 12.3. The molecule has 4 rings (SSSR count). The summed E-state index contributed by atoms with van der Waals surface area (Å²) in [5.74, 6) is 2.01. The highest BCUT2D eigenvalue weighted by atomic mass is 32.2. The van der Waals surface area contributed by atoms with Crippen molar-refractivity contribution in [3.8, 4) is 11.5 Å². The number of carbonyl (C=O) groups excluding carboxylic acids is 1. The van der Waals surface area contributed by atoms with Gasteiger partial charge >= 0.3 is 6.03 Å². The number of anilines is 1. The normalized spacial score (nSPS) is 17.9. The van der Waals surface area contributed by atoms with E-state index in [1.165, 1.54) is 37.7 Å². The highest BCUT2D eigenvalue weighted by Crippen LogP contribution is 2.25. The fourth-order valence-corrected chi connectivity index (χ4v) is 5.53. The molecule has 3 N–H and O–H groups in total. The van der Waals surface area contributed by atoms with Gasteiger partial charge in [-0.15, -0.1) is 0 Å². The first-order valence-electron chi connectivity index (χ1n) is 12.9. The molecule has 1 saturated carbocycles. The van der Waals surface area contributed by atoms with Gasteiger partial charge < -0.3 is 15.4 Å². The molecule has 2 aromatic rings. The summed E-state index contributed by atoms with van der Waals surface area (Å²) >= 11 is 0. The van der Waals surface area contributed by atoms with Gasteiger partial charge in [-0.05, 0) is 73.6 Å². The van der Waals surface area contributed by atoms with Gasteiger partial charge in [-0.3, -0.25) is 9.62 Å². The van der Waals surface area contributed by atoms with Gasteiger partial charge in [0.1, 0.15) is 11.5 Å². The second-order valence-corrected chi connectivity index (χ2v) is 11.8. The molecule has 8 nitrogen and oxygen atoms in total. The Morgan fingerprint density at radius 2 is 1.53 bits per heavy atom. The van der Waals surface area contributed by atoms with E-state index in [0.29, 0.717) is 17.4 Å². The topological polar surface area (TPSA) is 99.8 Å². The Bertz CT molecular complexity index is 1080. The summed E-state index contributed by atoms with van der Waals surface area (Å²) in [5.41, 5.74) is 1.71. The maximum Gasteiger partial charge on any atom is 0.315 e. The number of nitrogens with zero attached hydrogens (tertiary/aromatic N) is 1. The Hall–Kier alpha value is -2.78. The molecule has 36 heavy (non-hydrogen) atoms. The number of ether oxygens (including phenoxy) is 1. The van der Waals surface area contributed by atoms with Crippen molar-refractivity contribution in [2.24, 2.45) is 5.92 Å². The molecule has 0 aromatic heterocycles. The van der Waals surface area contributed by atoms with E-state index in [1.807, 2.05) is 12.1 Å². The average Bonchev–Trinajstić information content (AvgIpc) is 2.86. The Morgan fingerprint density at radius 3 is 2.14 bits per heavy atom. The predicted octanol–water partition coefficient (Wildman–Crippen LogP) is 4.69. The first kappa shape index (κ1) is 26.3. The largest absolute Gasteiger partial charge is 0.457 e. The van der Waals surface area contributed by atoms with Crippen molar-refractivity contribution in [3.05, 3.63) is 54.1 Å². The molecule has 196 valence electrons. The van der Waals surface area contributed by atoms with E-state index < -0.39 is 10.0 Å². The van der Waals surface area contributed by atoms with Crippen LogP contribution in [0.25, 0.3) is 0 Å². The van der Waals surface area contributed by atoms with Gasteiger partial charge in [0.05, 0.1) is 6.26 Å². The van der Waals surface area contributed by atoms with E-state index in [4.69, 9.17) is 4.74 Å². The van der Waals surface area contributed by atoms with E-state index in [0.717, 1.165) is 51.0 Å². The number of rotatable bonds is 9. The molecule has 0 unspecified atom stereocenters. The number of hydrogen-bond acceptors (Lipinski definition) is 5. The van der Waals surface area contributed by atoms with Crippen molar-refractivity contribution < 1.29 is 17.9 Å². The molecule has 2 fully saturated rings. The molecule has 0 atom stereocenters. The lowest BCUT2D eigenvalue weighted by atomic mass is 9.89. The highest BCUT2D eigenvalue weighted by Gasteiger charge is 2.21. The molecule has 1 heterocycles. The molecular weight excluding hydrogens is 476 g/mol. The Kier molecular flexibility index (Phi) is 9.09. The minimum absolute atomic E-state index is 0.0177. The fourth-order valence-electron chi connectivity index (χ4n) is 4.96. The molecule has 2 amide bonds. The number of likely N-dealkylation sites (tertiary alicyclic amines) is 1.